The van der Waals surface area contributed by atoms with E-state index >= 15 is 0 Å². The molecule has 29 heavy (non-hydrogen) atoms. The third-order valence-electron chi connectivity index (χ3n) is 4.81. The van der Waals surface area contributed by atoms with E-state index in [4.69, 9.17) is 9.47 Å². The van der Waals surface area contributed by atoms with Crippen LogP contribution in [0.3, 0.4) is 0 Å². The summed E-state index contributed by atoms with van der Waals surface area (Å²) in [7, 11) is 0. The van der Waals surface area contributed by atoms with Crippen molar-refractivity contribution in [3.05, 3.63) is 16.0 Å². The van der Waals surface area contributed by atoms with Crippen molar-refractivity contribution >= 4 is 34.2 Å². The number of thiophene rings is 1. The second-order valence-electron chi connectivity index (χ2n) is 8.68. The van der Waals surface area contributed by atoms with Crippen molar-refractivity contribution in [2.45, 2.75) is 78.3 Å². The molecule has 0 fully saturated rings. The van der Waals surface area contributed by atoms with Crippen LogP contribution in [-0.2, 0) is 31.0 Å². The molecule has 1 aromatic rings. The molecule has 1 aliphatic heterocycles. The lowest BCUT2D eigenvalue weighted by Crippen LogP contribution is -3.03. The summed E-state index contributed by atoms with van der Waals surface area (Å²) in [6.07, 6.45) is 2.60. The van der Waals surface area contributed by atoms with Crippen LogP contribution in [0.2, 0.25) is 0 Å². The average Bonchev–Trinajstić information content (AvgIpc) is 2.95. The van der Waals surface area contributed by atoms with Gasteiger partial charge < -0.3 is 20.1 Å². The molecule has 0 atom stereocenters. The number of carbonyl (C=O) groups excluding carboxylic acids is 3. The van der Waals surface area contributed by atoms with Crippen molar-refractivity contribution in [2.75, 3.05) is 18.5 Å². The molecule has 1 amide bonds. The zero-order valence-corrected chi connectivity index (χ0v) is 19.1. The van der Waals surface area contributed by atoms with Gasteiger partial charge in [0.1, 0.15) is 10.5 Å². The van der Waals surface area contributed by atoms with E-state index in [-0.39, 0.29) is 24.3 Å². The highest BCUT2D eigenvalue weighted by Crippen LogP contribution is 2.42. The zero-order valence-electron chi connectivity index (χ0n) is 18.3. The molecule has 0 radical (unpaired) electrons. The van der Waals surface area contributed by atoms with Crippen LogP contribution in [0.25, 0.3) is 0 Å². The van der Waals surface area contributed by atoms with Gasteiger partial charge in [0.05, 0.1) is 22.6 Å². The molecule has 8 heteroatoms. The number of hydrogen-bond donors (Lipinski definition) is 2. The molecule has 0 spiro atoms. The quantitative estimate of drug-likeness (QED) is 0.624. The number of anilines is 1. The number of quaternary nitrogens is 1. The molecule has 0 aliphatic carbocycles. The van der Waals surface area contributed by atoms with Crippen LogP contribution in [0.5, 0.6) is 0 Å². The summed E-state index contributed by atoms with van der Waals surface area (Å²) in [4.78, 5) is 37.8. The summed E-state index contributed by atoms with van der Waals surface area (Å²) in [5.74, 6) is -1.29. The molecule has 7 nitrogen and oxygen atoms in total. The second kappa shape index (κ2) is 9.26. The maximum Gasteiger partial charge on any atom is 0.341 e. The number of esters is 2. The van der Waals surface area contributed by atoms with Gasteiger partial charge in [0.15, 0.2) is 6.61 Å². The number of nitrogens with one attached hydrogen (secondary N) is 1. The number of hydrogen-bond acceptors (Lipinski definition) is 6. The van der Waals surface area contributed by atoms with Gasteiger partial charge in [-0.2, -0.15) is 0 Å². The Hall–Kier alpha value is -1.93. The largest absolute Gasteiger partial charge is 0.462 e. The van der Waals surface area contributed by atoms with Crippen LogP contribution < -0.4 is 10.6 Å². The first-order valence-electron chi connectivity index (χ1n) is 10.2. The Balaban J connectivity index is 2.28. The number of carbonyl (C=O) groups is 3. The lowest BCUT2D eigenvalue weighted by molar-refractivity contribution is -0.789. The molecule has 0 unspecified atom stereocenters. The van der Waals surface area contributed by atoms with E-state index in [0.717, 1.165) is 23.3 Å². The minimum Gasteiger partial charge on any atom is -0.462 e. The highest BCUT2D eigenvalue weighted by Gasteiger charge is 2.45. The van der Waals surface area contributed by atoms with E-state index in [1.54, 1.807) is 6.92 Å². The van der Waals surface area contributed by atoms with E-state index < -0.39 is 17.8 Å². The van der Waals surface area contributed by atoms with Crippen molar-refractivity contribution in [2.24, 2.45) is 0 Å². The van der Waals surface area contributed by atoms with Crippen LogP contribution in [-0.4, -0.2) is 36.6 Å². The van der Waals surface area contributed by atoms with Crippen LogP contribution in [0.4, 0.5) is 5.00 Å². The summed E-state index contributed by atoms with van der Waals surface area (Å²) < 4.78 is 10.3. The molecule has 2 heterocycles. The Kier molecular flexibility index (Phi) is 7.45. The Morgan fingerprint density at radius 2 is 1.83 bits per heavy atom. The first-order valence-corrected chi connectivity index (χ1v) is 11.0. The predicted molar refractivity (Wildman–Crippen MR) is 112 cm³/mol. The fourth-order valence-corrected chi connectivity index (χ4v) is 5.21. The highest BCUT2D eigenvalue weighted by atomic mass is 32.1. The second-order valence-corrected chi connectivity index (χ2v) is 9.70. The van der Waals surface area contributed by atoms with E-state index in [9.17, 15) is 14.4 Å². The molecule has 1 aliphatic rings. The van der Waals surface area contributed by atoms with Crippen molar-refractivity contribution in [1.29, 1.82) is 0 Å². The first kappa shape index (κ1) is 23.3. The number of unbranched alkanes of at least 4 members (excludes halogenated alkanes) is 1. The van der Waals surface area contributed by atoms with Gasteiger partial charge in [0.2, 0.25) is 0 Å². The van der Waals surface area contributed by atoms with Gasteiger partial charge in [0, 0.05) is 12.8 Å². The van der Waals surface area contributed by atoms with E-state index in [1.165, 1.54) is 11.3 Å². The number of amides is 1. The molecule has 0 saturated heterocycles. The fourth-order valence-electron chi connectivity index (χ4n) is 3.91. The SMILES string of the molecule is CCCCC(=O)OCC(=O)Nc1sc2c(c1C(=O)OCC)CC(C)(C)[NH2+]C2(C)C. The van der Waals surface area contributed by atoms with Crippen LogP contribution in [0, 0.1) is 0 Å². The third kappa shape index (κ3) is 5.79. The number of rotatable bonds is 8. The van der Waals surface area contributed by atoms with Gasteiger partial charge in [0.25, 0.3) is 5.91 Å². The van der Waals surface area contributed by atoms with Gasteiger partial charge in [-0.3, -0.25) is 9.59 Å². The molecule has 1 aromatic heterocycles. The van der Waals surface area contributed by atoms with Crippen molar-refractivity contribution < 1.29 is 29.2 Å². The summed E-state index contributed by atoms with van der Waals surface area (Å²) in [6, 6.07) is 0. The lowest BCUT2D eigenvalue weighted by atomic mass is 9.81. The first-order chi connectivity index (χ1) is 13.5. The summed E-state index contributed by atoms with van der Waals surface area (Å²) >= 11 is 1.40. The van der Waals surface area contributed by atoms with Crippen LogP contribution in [0.1, 0.15) is 81.6 Å². The van der Waals surface area contributed by atoms with Gasteiger partial charge in [-0.1, -0.05) is 13.3 Å². The Morgan fingerprint density at radius 3 is 2.45 bits per heavy atom. The monoisotopic (exact) mass is 425 g/mol. The van der Waals surface area contributed by atoms with Gasteiger partial charge in [-0.05, 0) is 46.6 Å². The number of ether oxygens (including phenoxy) is 2. The van der Waals surface area contributed by atoms with Gasteiger partial charge >= 0.3 is 11.9 Å². The topological polar surface area (TPSA) is 98.3 Å². The number of fused-ring (bicyclic) bond motifs is 1. The summed E-state index contributed by atoms with van der Waals surface area (Å²) in [6.45, 7) is 12.1. The summed E-state index contributed by atoms with van der Waals surface area (Å²) in [5, 5.41) is 5.52. The van der Waals surface area contributed by atoms with E-state index in [1.807, 2.05) is 6.92 Å². The molecule has 0 bridgehead atoms. The Morgan fingerprint density at radius 1 is 1.14 bits per heavy atom. The highest BCUT2D eigenvalue weighted by molar-refractivity contribution is 7.17. The predicted octanol–water partition coefficient (Wildman–Crippen LogP) is 2.73. The maximum atomic E-state index is 12.7. The molecule has 162 valence electrons. The third-order valence-corrected chi connectivity index (χ3v) is 6.29. The zero-order chi connectivity index (χ0) is 21.8. The van der Waals surface area contributed by atoms with Gasteiger partial charge in [-0.15, -0.1) is 11.3 Å². The van der Waals surface area contributed by atoms with E-state index in [2.05, 4.69) is 38.3 Å². The van der Waals surface area contributed by atoms with Crippen LogP contribution >= 0.6 is 11.3 Å². The molecule has 2 rings (SSSR count). The number of nitrogens with two attached hydrogens (primary N) is 1. The summed E-state index contributed by atoms with van der Waals surface area (Å²) in [5.41, 5.74) is 1.03. The Labute approximate surface area is 176 Å². The molecule has 0 aromatic carbocycles. The molecule has 3 N–H and O–H groups in total. The normalized spacial score (nSPS) is 16.6. The smallest absolute Gasteiger partial charge is 0.341 e. The lowest BCUT2D eigenvalue weighted by Gasteiger charge is -2.38. The van der Waals surface area contributed by atoms with Crippen molar-refractivity contribution in [3.63, 3.8) is 0 Å². The van der Waals surface area contributed by atoms with Crippen molar-refractivity contribution in [3.8, 4) is 0 Å². The minimum absolute atomic E-state index is 0.0884. The average molecular weight is 426 g/mol. The molecular formula is C21H33N2O5S+. The van der Waals surface area contributed by atoms with Crippen LogP contribution in [0.15, 0.2) is 0 Å². The Bertz CT molecular complexity index is 782. The minimum atomic E-state index is -0.458. The van der Waals surface area contributed by atoms with Gasteiger partial charge in [-0.25, -0.2) is 4.79 Å². The maximum absolute atomic E-state index is 12.7. The van der Waals surface area contributed by atoms with Crippen molar-refractivity contribution in [1.82, 2.24) is 0 Å². The molecule has 0 saturated carbocycles. The molecular weight excluding hydrogens is 392 g/mol. The fraction of sp³-hybridized carbons (Fsp3) is 0.667. The standard InChI is InChI=1S/C21H32N2O5S/c1-7-9-10-15(25)28-12-14(24)22-18-16(19(26)27-8-2)13-11-20(3,4)23-21(5,6)17(13)29-18/h23H,7-12H2,1-6H3,(H,22,24)/p+1. The van der Waals surface area contributed by atoms with E-state index in [0.29, 0.717) is 23.4 Å².